The van der Waals surface area contributed by atoms with Crippen LogP contribution in [0.3, 0.4) is 0 Å². The summed E-state index contributed by atoms with van der Waals surface area (Å²) >= 11 is 1.53. The summed E-state index contributed by atoms with van der Waals surface area (Å²) in [6.07, 6.45) is 2.54. The summed E-state index contributed by atoms with van der Waals surface area (Å²) in [5.41, 5.74) is 4.37. The second-order valence-corrected chi connectivity index (χ2v) is 10.3. The van der Waals surface area contributed by atoms with E-state index in [-0.39, 0.29) is 23.8 Å². The monoisotopic (exact) mass is 484 g/mol. The third-order valence-corrected chi connectivity index (χ3v) is 8.02. The van der Waals surface area contributed by atoms with Gasteiger partial charge in [0.2, 0.25) is 11.8 Å². The molecule has 1 unspecified atom stereocenters. The molecular weight excluding hydrogens is 460 g/mol. The van der Waals surface area contributed by atoms with E-state index in [9.17, 15) is 14.9 Å². The number of hydrogen-bond acceptors (Lipinski definition) is 7. The average molecular weight is 485 g/mol. The van der Waals surface area contributed by atoms with Gasteiger partial charge in [0.05, 0.1) is 34.5 Å². The smallest absolute Gasteiger partial charge is 0.234 e. The van der Waals surface area contributed by atoms with E-state index in [1.807, 2.05) is 42.6 Å². The number of thioether (sulfide) groups is 1. The zero-order chi connectivity index (χ0) is 23.9. The van der Waals surface area contributed by atoms with Crippen LogP contribution in [-0.4, -0.2) is 54.3 Å². The SMILES string of the molecule is N#Cc1ccc2nccc(N3CC(NCC4C[C@H](c5ccc6c(c5)NC(=O)CS6)C(=O)N4)C3)c2c1. The van der Waals surface area contributed by atoms with Gasteiger partial charge >= 0.3 is 0 Å². The van der Waals surface area contributed by atoms with E-state index in [1.165, 1.54) is 11.8 Å². The van der Waals surface area contributed by atoms with Crippen molar-refractivity contribution in [1.82, 2.24) is 15.6 Å². The summed E-state index contributed by atoms with van der Waals surface area (Å²) in [7, 11) is 0. The molecule has 3 aromatic rings. The lowest BCUT2D eigenvalue weighted by molar-refractivity contribution is -0.120. The zero-order valence-corrected chi connectivity index (χ0v) is 19.8. The first-order valence-electron chi connectivity index (χ1n) is 11.7. The summed E-state index contributed by atoms with van der Waals surface area (Å²) in [5, 5.41) is 19.9. The number of amides is 2. The Labute approximate surface area is 207 Å². The molecule has 3 N–H and O–H groups in total. The molecule has 2 atom stereocenters. The van der Waals surface area contributed by atoms with E-state index < -0.39 is 0 Å². The third kappa shape index (κ3) is 4.20. The number of fused-ring (bicyclic) bond motifs is 2. The molecule has 3 aliphatic rings. The Kier molecular flexibility index (Phi) is 5.55. The molecule has 0 spiro atoms. The normalized spacial score (nSPS) is 21.7. The standard InChI is InChI=1S/C26H24N6O2S/c27-10-15-1-3-21-20(7-15)23(5-6-28-21)32-12-18(13-32)29-11-17-9-19(26(34)30-17)16-2-4-24-22(8-16)31-25(33)14-35-24/h1-8,17-19,29H,9,11-14H2,(H,30,34)(H,31,33)/t17?,19-/m1/s1. The Morgan fingerprint density at radius 2 is 2.06 bits per heavy atom. The predicted molar refractivity (Wildman–Crippen MR) is 136 cm³/mol. The molecule has 0 bridgehead atoms. The lowest BCUT2D eigenvalue weighted by atomic mass is 9.95. The van der Waals surface area contributed by atoms with E-state index in [1.54, 1.807) is 6.07 Å². The van der Waals surface area contributed by atoms with Crippen LogP contribution in [0, 0.1) is 11.3 Å². The highest BCUT2D eigenvalue weighted by Gasteiger charge is 2.35. The van der Waals surface area contributed by atoms with Gasteiger partial charge in [0, 0.05) is 53.9 Å². The molecular formula is C26H24N6O2S. The minimum Gasteiger partial charge on any atom is -0.368 e. The van der Waals surface area contributed by atoms with E-state index in [0.717, 1.165) is 52.2 Å². The lowest BCUT2D eigenvalue weighted by Gasteiger charge is -2.42. The first-order valence-corrected chi connectivity index (χ1v) is 12.7. The summed E-state index contributed by atoms with van der Waals surface area (Å²) < 4.78 is 0. The van der Waals surface area contributed by atoms with Crippen LogP contribution >= 0.6 is 11.8 Å². The molecule has 176 valence electrons. The average Bonchev–Trinajstić information content (AvgIpc) is 3.22. The molecule has 0 saturated carbocycles. The molecule has 2 saturated heterocycles. The molecule has 9 heteroatoms. The second kappa shape index (κ2) is 8.87. The summed E-state index contributed by atoms with van der Waals surface area (Å²) in [4.78, 5) is 32.2. The number of nitriles is 1. The van der Waals surface area contributed by atoms with Crippen LogP contribution in [0.4, 0.5) is 11.4 Å². The number of nitrogens with one attached hydrogen (secondary N) is 3. The van der Waals surface area contributed by atoms with Gasteiger partial charge in [-0.1, -0.05) is 6.07 Å². The number of hydrogen-bond donors (Lipinski definition) is 3. The van der Waals surface area contributed by atoms with Gasteiger partial charge in [-0.3, -0.25) is 14.6 Å². The van der Waals surface area contributed by atoms with E-state index in [0.29, 0.717) is 23.9 Å². The maximum atomic E-state index is 12.7. The fourth-order valence-corrected chi connectivity index (χ4v) is 5.87. The minimum absolute atomic E-state index is 0.00240. The summed E-state index contributed by atoms with van der Waals surface area (Å²) in [6, 6.07) is 16.1. The van der Waals surface area contributed by atoms with Crippen molar-refractivity contribution in [3.05, 3.63) is 59.8 Å². The number of nitrogens with zero attached hydrogens (tertiary/aromatic N) is 3. The Balaban J connectivity index is 1.05. The number of benzene rings is 2. The quantitative estimate of drug-likeness (QED) is 0.511. The summed E-state index contributed by atoms with van der Waals surface area (Å²) in [6.45, 7) is 2.44. The second-order valence-electron chi connectivity index (χ2n) is 9.27. The number of anilines is 2. The number of carbonyl (C=O) groups is 2. The van der Waals surface area contributed by atoms with Crippen molar-refractivity contribution in [2.75, 3.05) is 35.6 Å². The minimum atomic E-state index is -0.202. The van der Waals surface area contributed by atoms with E-state index in [2.05, 4.69) is 31.9 Å². The van der Waals surface area contributed by atoms with Gasteiger partial charge in [0.25, 0.3) is 0 Å². The molecule has 2 amide bonds. The van der Waals surface area contributed by atoms with Crippen molar-refractivity contribution >= 4 is 45.9 Å². The molecule has 0 aliphatic carbocycles. The topological polar surface area (TPSA) is 110 Å². The van der Waals surface area contributed by atoms with Crippen molar-refractivity contribution in [1.29, 1.82) is 5.26 Å². The molecule has 3 aliphatic heterocycles. The Morgan fingerprint density at radius 3 is 2.91 bits per heavy atom. The van der Waals surface area contributed by atoms with Crippen LogP contribution in [0.2, 0.25) is 0 Å². The van der Waals surface area contributed by atoms with Crippen LogP contribution < -0.4 is 20.9 Å². The Bertz CT molecular complexity index is 1380. The third-order valence-electron chi connectivity index (χ3n) is 6.94. The van der Waals surface area contributed by atoms with Crippen molar-refractivity contribution in [2.24, 2.45) is 0 Å². The number of aromatic nitrogens is 1. The van der Waals surface area contributed by atoms with Crippen LogP contribution in [0.15, 0.2) is 53.6 Å². The maximum absolute atomic E-state index is 12.7. The first-order chi connectivity index (χ1) is 17.1. The molecule has 35 heavy (non-hydrogen) atoms. The predicted octanol–water partition coefficient (Wildman–Crippen LogP) is 2.60. The highest BCUT2D eigenvalue weighted by Crippen LogP contribution is 2.36. The largest absolute Gasteiger partial charge is 0.368 e. The van der Waals surface area contributed by atoms with Crippen LogP contribution in [0.25, 0.3) is 10.9 Å². The molecule has 6 rings (SSSR count). The van der Waals surface area contributed by atoms with Gasteiger partial charge in [0.1, 0.15) is 0 Å². The van der Waals surface area contributed by atoms with Crippen LogP contribution in [0.5, 0.6) is 0 Å². The molecule has 1 aromatic heterocycles. The molecule has 4 heterocycles. The van der Waals surface area contributed by atoms with Crippen molar-refractivity contribution < 1.29 is 9.59 Å². The van der Waals surface area contributed by atoms with E-state index in [4.69, 9.17) is 0 Å². The van der Waals surface area contributed by atoms with Gasteiger partial charge < -0.3 is 20.9 Å². The van der Waals surface area contributed by atoms with Gasteiger partial charge in [-0.25, -0.2) is 0 Å². The Hall–Kier alpha value is -3.61. The zero-order valence-electron chi connectivity index (χ0n) is 19.0. The molecule has 8 nitrogen and oxygen atoms in total. The van der Waals surface area contributed by atoms with Gasteiger partial charge in [-0.2, -0.15) is 5.26 Å². The van der Waals surface area contributed by atoms with Crippen molar-refractivity contribution in [3.8, 4) is 6.07 Å². The Morgan fingerprint density at radius 1 is 1.17 bits per heavy atom. The van der Waals surface area contributed by atoms with Crippen molar-refractivity contribution in [3.63, 3.8) is 0 Å². The highest BCUT2D eigenvalue weighted by atomic mass is 32.2. The number of pyridine rings is 1. The van der Waals surface area contributed by atoms with Gasteiger partial charge in [0.15, 0.2) is 0 Å². The maximum Gasteiger partial charge on any atom is 0.234 e. The molecule has 2 fully saturated rings. The summed E-state index contributed by atoms with van der Waals surface area (Å²) in [5.74, 6) is 0.267. The molecule has 0 radical (unpaired) electrons. The van der Waals surface area contributed by atoms with Crippen molar-refractivity contribution in [2.45, 2.75) is 29.3 Å². The fourth-order valence-electron chi connectivity index (χ4n) is 5.08. The first kappa shape index (κ1) is 21.9. The lowest BCUT2D eigenvalue weighted by Crippen LogP contribution is -2.59. The highest BCUT2D eigenvalue weighted by molar-refractivity contribution is 8.00. The molecule has 2 aromatic carbocycles. The van der Waals surface area contributed by atoms with Crippen LogP contribution in [-0.2, 0) is 9.59 Å². The van der Waals surface area contributed by atoms with E-state index >= 15 is 0 Å². The number of rotatable bonds is 5. The van der Waals surface area contributed by atoms with Gasteiger partial charge in [-0.15, -0.1) is 11.8 Å². The number of carbonyl (C=O) groups excluding carboxylic acids is 2. The van der Waals surface area contributed by atoms with Gasteiger partial charge in [-0.05, 0) is 48.4 Å². The fraction of sp³-hybridized carbons (Fsp3) is 0.308. The van der Waals surface area contributed by atoms with Crippen LogP contribution in [0.1, 0.15) is 23.5 Å².